The minimum Gasteiger partial charge on any atom is -0.356 e. The molecule has 0 fully saturated rings. The van der Waals surface area contributed by atoms with Crippen molar-refractivity contribution in [1.29, 1.82) is 0 Å². The molecule has 0 saturated heterocycles. The number of halogens is 1. The van der Waals surface area contributed by atoms with Gasteiger partial charge >= 0.3 is 0 Å². The highest BCUT2D eigenvalue weighted by atomic mass is 19.1. The molecule has 0 atom stereocenters. The van der Waals surface area contributed by atoms with E-state index in [0.29, 0.717) is 12.6 Å². The summed E-state index contributed by atoms with van der Waals surface area (Å²) in [6.45, 7) is 4.88. The average Bonchev–Trinajstić information content (AvgIpc) is 2.96. The number of rotatable bonds is 4. The summed E-state index contributed by atoms with van der Waals surface area (Å²) in [4.78, 5) is 4.26. The van der Waals surface area contributed by atoms with E-state index in [2.05, 4.69) is 41.6 Å². The first-order chi connectivity index (χ1) is 10.0. The van der Waals surface area contributed by atoms with Gasteiger partial charge < -0.3 is 10.6 Å². The molecular formula is C17H24FN3. The van der Waals surface area contributed by atoms with Crippen LogP contribution in [-0.4, -0.2) is 25.6 Å². The lowest BCUT2D eigenvalue weighted by Crippen LogP contribution is -2.46. The molecule has 0 saturated carbocycles. The minimum absolute atomic E-state index is 0.173. The molecule has 1 aliphatic carbocycles. The second-order valence-corrected chi connectivity index (χ2v) is 6.10. The van der Waals surface area contributed by atoms with Crippen LogP contribution < -0.4 is 10.6 Å². The van der Waals surface area contributed by atoms with Gasteiger partial charge in [-0.05, 0) is 30.5 Å². The van der Waals surface area contributed by atoms with Crippen molar-refractivity contribution < 1.29 is 4.39 Å². The quantitative estimate of drug-likeness (QED) is 0.508. The van der Waals surface area contributed by atoms with Gasteiger partial charge in [0.1, 0.15) is 5.82 Å². The number of nitrogens with one attached hydrogen (secondary N) is 2. The van der Waals surface area contributed by atoms with E-state index in [9.17, 15) is 4.39 Å². The molecule has 114 valence electrons. The number of aliphatic imine (C=N–C) groups is 1. The van der Waals surface area contributed by atoms with Crippen molar-refractivity contribution in [2.75, 3.05) is 13.6 Å². The molecule has 2 N–H and O–H groups in total. The third-order valence-corrected chi connectivity index (χ3v) is 3.88. The highest BCUT2D eigenvalue weighted by Crippen LogP contribution is 2.22. The Hall–Kier alpha value is -1.84. The standard InChI is InChI=1S/C17H24FN3/c1-17(2,13-7-6-8-14(18)11-13)12-20-16(19-3)21-15-9-4-5-10-15/h4-8,11,15H,9-10,12H2,1-3H3,(H2,19,20,21). The SMILES string of the molecule is CN=C(NCC(C)(C)c1cccc(F)c1)NC1CC=CC1. The van der Waals surface area contributed by atoms with E-state index >= 15 is 0 Å². The fourth-order valence-corrected chi connectivity index (χ4v) is 2.44. The largest absolute Gasteiger partial charge is 0.356 e. The number of nitrogens with zero attached hydrogens (tertiary/aromatic N) is 1. The zero-order valence-electron chi connectivity index (χ0n) is 13.0. The molecule has 1 aromatic carbocycles. The van der Waals surface area contributed by atoms with Crippen molar-refractivity contribution in [2.24, 2.45) is 4.99 Å². The Balaban J connectivity index is 1.93. The van der Waals surface area contributed by atoms with Gasteiger partial charge in [0, 0.05) is 25.0 Å². The normalized spacial score (nSPS) is 16.3. The van der Waals surface area contributed by atoms with Gasteiger partial charge in [0.05, 0.1) is 0 Å². The maximum atomic E-state index is 13.4. The Labute approximate surface area is 126 Å². The van der Waals surface area contributed by atoms with Gasteiger partial charge in [-0.1, -0.05) is 38.1 Å². The van der Waals surface area contributed by atoms with E-state index in [-0.39, 0.29) is 11.2 Å². The molecule has 0 amide bonds. The van der Waals surface area contributed by atoms with Crippen molar-refractivity contribution in [1.82, 2.24) is 10.6 Å². The molecule has 0 aliphatic heterocycles. The van der Waals surface area contributed by atoms with Crippen molar-refractivity contribution in [3.05, 3.63) is 47.8 Å². The molecule has 2 rings (SSSR count). The Morgan fingerprint density at radius 1 is 1.33 bits per heavy atom. The molecule has 0 spiro atoms. The zero-order valence-corrected chi connectivity index (χ0v) is 13.0. The van der Waals surface area contributed by atoms with Gasteiger partial charge in [0.2, 0.25) is 0 Å². The number of benzene rings is 1. The molecule has 0 radical (unpaired) electrons. The van der Waals surface area contributed by atoms with Crippen LogP contribution >= 0.6 is 0 Å². The van der Waals surface area contributed by atoms with E-state index in [4.69, 9.17) is 0 Å². The average molecular weight is 289 g/mol. The van der Waals surface area contributed by atoms with E-state index in [1.807, 2.05) is 6.07 Å². The summed E-state index contributed by atoms with van der Waals surface area (Å²) < 4.78 is 13.4. The van der Waals surface area contributed by atoms with E-state index in [0.717, 1.165) is 24.4 Å². The van der Waals surface area contributed by atoms with Crippen molar-refractivity contribution in [3.63, 3.8) is 0 Å². The minimum atomic E-state index is -0.194. The van der Waals surface area contributed by atoms with Crippen LogP contribution in [0.25, 0.3) is 0 Å². The van der Waals surface area contributed by atoms with Crippen LogP contribution in [0.15, 0.2) is 41.4 Å². The number of guanidine groups is 1. The summed E-state index contributed by atoms with van der Waals surface area (Å²) in [5.41, 5.74) is 0.807. The first-order valence-electron chi connectivity index (χ1n) is 7.39. The number of hydrogen-bond acceptors (Lipinski definition) is 1. The molecule has 0 heterocycles. The van der Waals surface area contributed by atoms with Crippen LogP contribution in [0.1, 0.15) is 32.3 Å². The monoisotopic (exact) mass is 289 g/mol. The first kappa shape index (κ1) is 15.5. The summed E-state index contributed by atoms with van der Waals surface area (Å²) in [6, 6.07) is 7.21. The Kier molecular flexibility index (Phi) is 4.99. The van der Waals surface area contributed by atoms with Gasteiger partial charge in [-0.2, -0.15) is 0 Å². The van der Waals surface area contributed by atoms with Crippen molar-refractivity contribution >= 4 is 5.96 Å². The summed E-state index contributed by atoms with van der Waals surface area (Å²) in [6.07, 6.45) is 6.44. The van der Waals surface area contributed by atoms with E-state index in [1.54, 1.807) is 19.2 Å². The lowest BCUT2D eigenvalue weighted by atomic mass is 9.84. The second kappa shape index (κ2) is 6.74. The van der Waals surface area contributed by atoms with Gasteiger partial charge in [-0.3, -0.25) is 4.99 Å². The van der Waals surface area contributed by atoms with E-state index < -0.39 is 0 Å². The van der Waals surface area contributed by atoms with Crippen molar-refractivity contribution in [2.45, 2.75) is 38.1 Å². The van der Waals surface area contributed by atoms with Gasteiger partial charge in [-0.15, -0.1) is 0 Å². The molecule has 0 unspecified atom stereocenters. The van der Waals surface area contributed by atoms with Crippen LogP contribution in [0, 0.1) is 5.82 Å². The molecule has 4 heteroatoms. The van der Waals surface area contributed by atoms with Crippen LogP contribution in [-0.2, 0) is 5.41 Å². The maximum Gasteiger partial charge on any atom is 0.191 e. The van der Waals surface area contributed by atoms with Gasteiger partial charge in [0.15, 0.2) is 5.96 Å². The number of hydrogen-bond donors (Lipinski definition) is 2. The molecule has 0 bridgehead atoms. The summed E-state index contributed by atoms with van der Waals surface area (Å²) >= 11 is 0. The summed E-state index contributed by atoms with van der Waals surface area (Å²) in [7, 11) is 1.77. The third kappa shape index (κ3) is 4.31. The van der Waals surface area contributed by atoms with Gasteiger partial charge in [-0.25, -0.2) is 4.39 Å². The van der Waals surface area contributed by atoms with Crippen LogP contribution in [0.2, 0.25) is 0 Å². The van der Waals surface area contributed by atoms with Crippen LogP contribution in [0.3, 0.4) is 0 Å². The molecule has 1 aliphatic rings. The fourth-order valence-electron chi connectivity index (χ4n) is 2.44. The molecular weight excluding hydrogens is 265 g/mol. The topological polar surface area (TPSA) is 36.4 Å². The Morgan fingerprint density at radius 3 is 2.67 bits per heavy atom. The highest BCUT2D eigenvalue weighted by Gasteiger charge is 2.22. The van der Waals surface area contributed by atoms with Crippen LogP contribution in [0.5, 0.6) is 0 Å². The van der Waals surface area contributed by atoms with Gasteiger partial charge in [0.25, 0.3) is 0 Å². The third-order valence-electron chi connectivity index (χ3n) is 3.88. The fraction of sp³-hybridized carbons (Fsp3) is 0.471. The smallest absolute Gasteiger partial charge is 0.191 e. The Morgan fingerprint density at radius 2 is 2.05 bits per heavy atom. The maximum absolute atomic E-state index is 13.4. The predicted molar refractivity (Wildman–Crippen MR) is 86.1 cm³/mol. The lowest BCUT2D eigenvalue weighted by Gasteiger charge is -2.27. The summed E-state index contributed by atoms with van der Waals surface area (Å²) in [5, 5.41) is 6.75. The lowest BCUT2D eigenvalue weighted by molar-refractivity contribution is 0.499. The first-order valence-corrected chi connectivity index (χ1v) is 7.39. The molecule has 3 nitrogen and oxygen atoms in total. The van der Waals surface area contributed by atoms with E-state index in [1.165, 1.54) is 6.07 Å². The predicted octanol–water partition coefficient (Wildman–Crippen LogP) is 2.99. The van der Waals surface area contributed by atoms with Crippen LogP contribution in [0.4, 0.5) is 4.39 Å². The zero-order chi connectivity index (χ0) is 15.3. The molecule has 1 aromatic rings. The molecule has 0 aromatic heterocycles. The van der Waals surface area contributed by atoms with Crippen molar-refractivity contribution in [3.8, 4) is 0 Å². The summed E-state index contributed by atoms with van der Waals surface area (Å²) in [5.74, 6) is 0.605. The second-order valence-electron chi connectivity index (χ2n) is 6.10. The highest BCUT2D eigenvalue weighted by molar-refractivity contribution is 5.80. The Bertz CT molecular complexity index is 527. The molecule has 21 heavy (non-hydrogen) atoms.